The van der Waals surface area contributed by atoms with Gasteiger partial charge < -0.3 is 15.7 Å². The molecule has 1 aromatic carbocycles. The first-order valence-electron chi connectivity index (χ1n) is 5.15. The molecule has 16 heavy (non-hydrogen) atoms. The Morgan fingerprint density at radius 2 is 2.06 bits per heavy atom. The first-order valence-corrected chi connectivity index (χ1v) is 5.53. The summed E-state index contributed by atoms with van der Waals surface area (Å²) < 4.78 is 0. The maximum absolute atomic E-state index is 11.5. The number of hydrogen-bond donors (Lipinski definition) is 3. The van der Waals surface area contributed by atoms with E-state index in [2.05, 4.69) is 10.6 Å². The highest BCUT2D eigenvalue weighted by Crippen LogP contribution is 2.22. The Bertz CT molecular complexity index is 391. The van der Waals surface area contributed by atoms with Crippen molar-refractivity contribution in [3.63, 3.8) is 0 Å². The smallest absolute Gasteiger partial charge is 0.319 e. The van der Waals surface area contributed by atoms with Crippen molar-refractivity contribution in [3.8, 4) is 0 Å². The molecule has 4 nitrogen and oxygen atoms in total. The first-order chi connectivity index (χ1) is 7.65. The lowest BCUT2D eigenvalue weighted by molar-refractivity contribution is 0.0671. The van der Waals surface area contributed by atoms with Crippen LogP contribution >= 0.6 is 11.6 Å². The average Bonchev–Trinajstić information content (AvgIpc) is 2.19. The van der Waals surface area contributed by atoms with Gasteiger partial charge in [-0.15, -0.1) is 0 Å². The molecule has 0 aromatic heterocycles. The van der Waals surface area contributed by atoms with Crippen molar-refractivity contribution in [2.45, 2.75) is 25.0 Å². The summed E-state index contributed by atoms with van der Waals surface area (Å²) in [6.45, 7) is 0. The predicted molar refractivity (Wildman–Crippen MR) is 62.6 cm³/mol. The minimum absolute atomic E-state index is 0.0671. The van der Waals surface area contributed by atoms with Gasteiger partial charge in [0.1, 0.15) is 0 Å². The second kappa shape index (κ2) is 4.72. The minimum Gasteiger partial charge on any atom is -0.393 e. The van der Waals surface area contributed by atoms with Crippen LogP contribution in [0.1, 0.15) is 12.8 Å². The van der Waals surface area contributed by atoms with E-state index in [4.69, 9.17) is 16.7 Å². The number of urea groups is 1. The van der Waals surface area contributed by atoms with Gasteiger partial charge in [-0.1, -0.05) is 23.7 Å². The Morgan fingerprint density at radius 3 is 2.69 bits per heavy atom. The summed E-state index contributed by atoms with van der Waals surface area (Å²) in [5.41, 5.74) is 0.585. The molecule has 0 spiro atoms. The van der Waals surface area contributed by atoms with Crippen LogP contribution in [0.4, 0.5) is 10.5 Å². The van der Waals surface area contributed by atoms with E-state index in [1.54, 1.807) is 24.3 Å². The minimum atomic E-state index is -0.287. The maximum Gasteiger partial charge on any atom is 0.319 e. The van der Waals surface area contributed by atoms with Gasteiger partial charge >= 0.3 is 6.03 Å². The fourth-order valence-corrected chi connectivity index (χ4v) is 1.80. The van der Waals surface area contributed by atoms with Gasteiger partial charge in [0, 0.05) is 6.04 Å². The molecule has 2 rings (SSSR count). The topological polar surface area (TPSA) is 61.4 Å². The van der Waals surface area contributed by atoms with Crippen LogP contribution < -0.4 is 10.6 Å². The Kier molecular flexibility index (Phi) is 3.31. The molecule has 1 fully saturated rings. The molecule has 0 radical (unpaired) electrons. The summed E-state index contributed by atoms with van der Waals surface area (Å²) in [5, 5.41) is 15.0. The molecule has 1 aliphatic rings. The van der Waals surface area contributed by atoms with Gasteiger partial charge in [0.15, 0.2) is 0 Å². The molecule has 86 valence electrons. The first kappa shape index (κ1) is 11.2. The number of anilines is 1. The summed E-state index contributed by atoms with van der Waals surface area (Å²) in [5.74, 6) is 0. The van der Waals surface area contributed by atoms with E-state index in [1.807, 2.05) is 0 Å². The largest absolute Gasteiger partial charge is 0.393 e. The fraction of sp³-hybridized carbons (Fsp3) is 0.364. The molecule has 2 amide bonds. The van der Waals surface area contributed by atoms with Crippen molar-refractivity contribution in [1.29, 1.82) is 0 Å². The van der Waals surface area contributed by atoms with Gasteiger partial charge in [-0.05, 0) is 25.0 Å². The van der Waals surface area contributed by atoms with Crippen LogP contribution in [0.3, 0.4) is 0 Å². The predicted octanol–water partition coefficient (Wildman–Crippen LogP) is 1.98. The zero-order valence-corrected chi connectivity index (χ0v) is 9.37. The van der Waals surface area contributed by atoms with Crippen LogP contribution in [-0.2, 0) is 0 Å². The zero-order chi connectivity index (χ0) is 11.5. The van der Waals surface area contributed by atoms with Gasteiger partial charge in [0.25, 0.3) is 0 Å². The van der Waals surface area contributed by atoms with E-state index in [1.165, 1.54) is 0 Å². The fourth-order valence-electron chi connectivity index (χ4n) is 1.61. The Balaban J connectivity index is 1.85. The molecule has 0 unspecified atom stereocenters. The average molecular weight is 241 g/mol. The standard InChI is InChI=1S/C11H13ClN2O2/c12-9-3-1-2-4-10(9)14-11(16)13-7-5-8(15)6-7/h1-4,7-8,15H,5-6H2,(H2,13,14,16). The molecule has 1 aliphatic carbocycles. The van der Waals surface area contributed by atoms with Gasteiger partial charge in [-0.3, -0.25) is 0 Å². The van der Waals surface area contributed by atoms with Crippen molar-refractivity contribution in [2.24, 2.45) is 0 Å². The molecular formula is C11H13ClN2O2. The molecular weight excluding hydrogens is 228 g/mol. The number of hydrogen-bond acceptors (Lipinski definition) is 2. The monoisotopic (exact) mass is 240 g/mol. The lowest BCUT2D eigenvalue weighted by atomic mass is 9.90. The molecule has 3 N–H and O–H groups in total. The highest BCUT2D eigenvalue weighted by Gasteiger charge is 2.28. The second-order valence-electron chi connectivity index (χ2n) is 3.90. The Morgan fingerprint density at radius 1 is 1.38 bits per heavy atom. The van der Waals surface area contributed by atoms with Gasteiger partial charge in [0.2, 0.25) is 0 Å². The van der Waals surface area contributed by atoms with E-state index >= 15 is 0 Å². The van der Waals surface area contributed by atoms with Crippen molar-refractivity contribution in [2.75, 3.05) is 5.32 Å². The highest BCUT2D eigenvalue weighted by molar-refractivity contribution is 6.33. The number of para-hydroxylation sites is 1. The van der Waals surface area contributed by atoms with Crippen molar-refractivity contribution >= 4 is 23.3 Å². The number of aliphatic hydroxyl groups is 1. The number of carbonyl (C=O) groups is 1. The molecule has 1 aromatic rings. The lowest BCUT2D eigenvalue weighted by Crippen LogP contribution is -2.48. The quantitative estimate of drug-likeness (QED) is 0.740. The third-order valence-corrected chi connectivity index (χ3v) is 2.90. The Labute approximate surface area is 98.6 Å². The molecule has 0 heterocycles. The third kappa shape index (κ3) is 2.65. The molecule has 0 saturated heterocycles. The number of halogens is 1. The number of aliphatic hydroxyl groups excluding tert-OH is 1. The zero-order valence-electron chi connectivity index (χ0n) is 8.61. The van der Waals surface area contributed by atoms with Crippen molar-refractivity contribution in [3.05, 3.63) is 29.3 Å². The molecule has 1 saturated carbocycles. The summed E-state index contributed by atoms with van der Waals surface area (Å²) >= 11 is 5.89. The second-order valence-corrected chi connectivity index (χ2v) is 4.31. The van der Waals surface area contributed by atoms with Crippen LogP contribution in [-0.4, -0.2) is 23.3 Å². The summed E-state index contributed by atoms with van der Waals surface area (Å²) in [6.07, 6.45) is 0.969. The van der Waals surface area contributed by atoms with Crippen LogP contribution in [0.2, 0.25) is 5.02 Å². The van der Waals surface area contributed by atoms with Crippen LogP contribution in [0.5, 0.6) is 0 Å². The third-order valence-electron chi connectivity index (χ3n) is 2.57. The normalized spacial score (nSPS) is 23.4. The van der Waals surface area contributed by atoms with Crippen molar-refractivity contribution < 1.29 is 9.90 Å². The number of rotatable bonds is 2. The van der Waals surface area contributed by atoms with E-state index in [-0.39, 0.29) is 18.2 Å². The number of benzene rings is 1. The van der Waals surface area contributed by atoms with Crippen LogP contribution in [0.15, 0.2) is 24.3 Å². The number of nitrogens with one attached hydrogen (secondary N) is 2. The Hall–Kier alpha value is -1.26. The summed E-state index contributed by atoms with van der Waals surface area (Å²) in [7, 11) is 0. The SMILES string of the molecule is O=C(Nc1ccccc1Cl)NC1CC(O)C1. The van der Waals surface area contributed by atoms with Gasteiger partial charge in [0.05, 0.1) is 16.8 Å². The maximum atomic E-state index is 11.5. The van der Waals surface area contributed by atoms with E-state index < -0.39 is 0 Å². The van der Waals surface area contributed by atoms with Crippen LogP contribution in [0.25, 0.3) is 0 Å². The van der Waals surface area contributed by atoms with Gasteiger partial charge in [-0.2, -0.15) is 0 Å². The van der Waals surface area contributed by atoms with E-state index in [9.17, 15) is 4.79 Å². The summed E-state index contributed by atoms with van der Waals surface area (Å²) in [6, 6.07) is 6.83. The number of amides is 2. The van der Waals surface area contributed by atoms with E-state index in [0.717, 1.165) is 0 Å². The van der Waals surface area contributed by atoms with Gasteiger partial charge in [-0.25, -0.2) is 4.79 Å². The molecule has 0 bridgehead atoms. The molecule has 5 heteroatoms. The summed E-state index contributed by atoms with van der Waals surface area (Å²) in [4.78, 5) is 11.5. The molecule has 0 aliphatic heterocycles. The van der Waals surface area contributed by atoms with Crippen LogP contribution in [0, 0.1) is 0 Å². The van der Waals surface area contributed by atoms with Crippen molar-refractivity contribution in [1.82, 2.24) is 5.32 Å². The lowest BCUT2D eigenvalue weighted by Gasteiger charge is -2.31. The van der Waals surface area contributed by atoms with E-state index in [0.29, 0.717) is 23.6 Å². The number of carbonyl (C=O) groups excluding carboxylic acids is 1. The molecule has 0 atom stereocenters. The highest BCUT2D eigenvalue weighted by atomic mass is 35.5.